The van der Waals surface area contributed by atoms with Crippen LogP contribution in [0.5, 0.6) is 0 Å². The molecule has 0 atom stereocenters. The Morgan fingerprint density at radius 2 is 0.767 bits per heavy atom. The molecule has 30 heavy (non-hydrogen) atoms. The van der Waals surface area contributed by atoms with Crippen molar-refractivity contribution in [2.75, 3.05) is 59.3 Å². The van der Waals surface area contributed by atoms with Gasteiger partial charge in [-0.25, -0.2) is 0 Å². The Bertz CT molecular complexity index is 326. The number of rotatable bonds is 22. The second-order valence-corrected chi connectivity index (χ2v) is 12.6. The highest BCUT2D eigenvalue weighted by Crippen LogP contribution is 2.19. The molecule has 0 aliphatic carbocycles. The van der Waals surface area contributed by atoms with E-state index in [0.717, 1.165) is 38.0 Å². The van der Waals surface area contributed by atoms with Crippen molar-refractivity contribution in [3.05, 3.63) is 0 Å². The largest absolute Gasteiger partial charge is 0.501 e. The molecule has 182 valence electrons. The highest BCUT2D eigenvalue weighted by molar-refractivity contribution is 6.61. The predicted molar refractivity (Wildman–Crippen MR) is 126 cm³/mol. The van der Waals surface area contributed by atoms with E-state index in [0.29, 0.717) is 39.6 Å². The van der Waals surface area contributed by atoms with Crippen molar-refractivity contribution in [3.8, 4) is 0 Å². The lowest BCUT2D eigenvalue weighted by Gasteiger charge is -2.30. The van der Waals surface area contributed by atoms with Crippen LogP contribution in [0.25, 0.3) is 0 Å². The van der Waals surface area contributed by atoms with Gasteiger partial charge in [-0.1, -0.05) is 6.92 Å². The first-order chi connectivity index (χ1) is 14.5. The molecule has 0 aliphatic rings. The molecule has 0 unspecified atom stereocenters. The summed E-state index contributed by atoms with van der Waals surface area (Å²) in [5.74, 6) is 0. The van der Waals surface area contributed by atoms with Crippen molar-refractivity contribution in [2.24, 2.45) is 0 Å². The fourth-order valence-electron chi connectivity index (χ4n) is 3.84. The topological polar surface area (TPSA) is 59.8 Å². The minimum absolute atomic E-state index is 0.636. The van der Waals surface area contributed by atoms with Crippen molar-refractivity contribution in [2.45, 2.75) is 79.8 Å². The monoisotopic (exact) mass is 468 g/mol. The molecule has 1 N–H and O–H groups in total. The van der Waals surface area contributed by atoms with Crippen LogP contribution in [0.3, 0.4) is 0 Å². The molecule has 0 saturated heterocycles. The van der Waals surface area contributed by atoms with E-state index in [1.165, 1.54) is 13.0 Å². The van der Waals surface area contributed by atoms with Crippen LogP contribution in [-0.2, 0) is 26.6 Å². The Morgan fingerprint density at radius 1 is 0.467 bits per heavy atom. The molecule has 0 saturated carbocycles. The third-order valence-corrected chi connectivity index (χ3v) is 11.1. The van der Waals surface area contributed by atoms with E-state index >= 15 is 0 Å². The first kappa shape index (κ1) is 30.2. The van der Waals surface area contributed by atoms with Gasteiger partial charge >= 0.3 is 17.6 Å². The Morgan fingerprint density at radius 3 is 1.00 bits per heavy atom. The molecule has 0 rings (SSSR count). The molecular formula is C21H50NO6Si2+. The summed E-state index contributed by atoms with van der Waals surface area (Å²) >= 11 is 0. The van der Waals surface area contributed by atoms with Crippen LogP contribution >= 0.6 is 0 Å². The van der Waals surface area contributed by atoms with Crippen molar-refractivity contribution < 1.29 is 31.5 Å². The van der Waals surface area contributed by atoms with Crippen LogP contribution in [-0.4, -0.2) is 76.9 Å². The van der Waals surface area contributed by atoms with Gasteiger partial charge < -0.3 is 31.5 Å². The van der Waals surface area contributed by atoms with E-state index in [1.54, 1.807) is 4.90 Å². The summed E-state index contributed by atoms with van der Waals surface area (Å²) in [6.07, 6.45) is 3.27. The van der Waals surface area contributed by atoms with Gasteiger partial charge in [-0.05, 0) is 48.0 Å². The Balaban J connectivity index is 4.77. The normalized spacial score (nSPS) is 12.8. The molecule has 9 heteroatoms. The number of hydrogen-bond donors (Lipinski definition) is 1. The quantitative estimate of drug-likeness (QED) is 0.246. The molecule has 0 heterocycles. The fourth-order valence-corrected chi connectivity index (χ4v) is 9.07. The van der Waals surface area contributed by atoms with Gasteiger partial charge in [0, 0.05) is 64.6 Å². The zero-order valence-corrected chi connectivity index (χ0v) is 22.8. The van der Waals surface area contributed by atoms with Gasteiger partial charge in [0.1, 0.15) is 0 Å². The Kier molecular flexibility index (Phi) is 18.8. The molecule has 0 amide bonds. The minimum Gasteiger partial charge on any atom is -0.374 e. The van der Waals surface area contributed by atoms with Crippen molar-refractivity contribution in [1.82, 2.24) is 0 Å². The second kappa shape index (κ2) is 18.7. The smallest absolute Gasteiger partial charge is 0.374 e. The first-order valence-electron chi connectivity index (χ1n) is 12.2. The van der Waals surface area contributed by atoms with Crippen molar-refractivity contribution in [1.29, 1.82) is 0 Å². The molecule has 0 aromatic heterocycles. The zero-order valence-electron chi connectivity index (χ0n) is 20.8. The Labute approximate surface area is 188 Å². The van der Waals surface area contributed by atoms with E-state index < -0.39 is 17.6 Å². The first-order valence-corrected chi connectivity index (χ1v) is 16.0. The van der Waals surface area contributed by atoms with E-state index in [2.05, 4.69) is 6.92 Å². The minimum atomic E-state index is -2.55. The molecule has 0 spiro atoms. The highest BCUT2D eigenvalue weighted by Gasteiger charge is 2.41. The molecule has 0 aromatic carbocycles. The van der Waals surface area contributed by atoms with Gasteiger partial charge in [0.2, 0.25) is 0 Å². The maximum Gasteiger partial charge on any atom is 0.501 e. The fraction of sp³-hybridized carbons (Fsp3) is 1.00. The highest BCUT2D eigenvalue weighted by atomic mass is 28.4. The van der Waals surface area contributed by atoms with E-state index in [-0.39, 0.29) is 0 Å². The molecule has 0 aliphatic heterocycles. The molecule has 7 nitrogen and oxygen atoms in total. The lowest BCUT2D eigenvalue weighted by molar-refractivity contribution is -0.900. The summed E-state index contributed by atoms with van der Waals surface area (Å²) in [5.41, 5.74) is 0. The lowest BCUT2D eigenvalue weighted by Crippen LogP contribution is -3.12. The van der Waals surface area contributed by atoms with Crippen LogP contribution in [0.15, 0.2) is 0 Å². The summed E-state index contributed by atoms with van der Waals surface area (Å²) in [4.78, 5) is 1.61. The van der Waals surface area contributed by atoms with E-state index in [4.69, 9.17) is 26.6 Å². The SMILES string of the molecule is CCC[NH+](CCC[Si](OCC)(OCC)OCC)CCC[Si](OCC)(OCC)OCC. The van der Waals surface area contributed by atoms with Crippen LogP contribution in [0.1, 0.15) is 67.7 Å². The van der Waals surface area contributed by atoms with Crippen molar-refractivity contribution >= 4 is 17.6 Å². The van der Waals surface area contributed by atoms with E-state index in [9.17, 15) is 0 Å². The summed E-state index contributed by atoms with van der Waals surface area (Å²) < 4.78 is 36.0. The number of nitrogens with one attached hydrogen (secondary N) is 1. The lowest BCUT2D eigenvalue weighted by atomic mass is 10.3. The predicted octanol–water partition coefficient (Wildman–Crippen LogP) is 3.16. The van der Waals surface area contributed by atoms with Gasteiger partial charge in [-0.2, -0.15) is 0 Å². The second-order valence-electron chi connectivity index (χ2n) is 7.17. The average molecular weight is 469 g/mol. The van der Waals surface area contributed by atoms with Gasteiger partial charge in [0.05, 0.1) is 19.6 Å². The average Bonchev–Trinajstić information content (AvgIpc) is 2.69. The van der Waals surface area contributed by atoms with Gasteiger partial charge in [-0.3, -0.25) is 0 Å². The molecular weight excluding hydrogens is 418 g/mol. The molecule has 0 radical (unpaired) electrons. The van der Waals surface area contributed by atoms with E-state index in [1.807, 2.05) is 41.5 Å². The summed E-state index contributed by atoms with van der Waals surface area (Å²) in [7, 11) is -5.09. The number of quaternary nitrogens is 1. The van der Waals surface area contributed by atoms with Crippen molar-refractivity contribution in [3.63, 3.8) is 0 Å². The summed E-state index contributed by atoms with van der Waals surface area (Å²) in [6.45, 7) is 21.5. The standard InChI is InChI=1S/C21H49NO6Si2/c1-8-17-22(18-15-20-29(23-9-2,24-10-3)25-11-4)19-16-21-30(26-12-5,27-13-6)28-14-7/h8-21H2,1-7H3/p+1. The van der Waals surface area contributed by atoms with Crippen LogP contribution in [0.2, 0.25) is 12.1 Å². The molecule has 0 bridgehead atoms. The summed E-state index contributed by atoms with van der Waals surface area (Å²) in [6, 6.07) is 1.76. The van der Waals surface area contributed by atoms with Crippen LogP contribution < -0.4 is 4.90 Å². The Hall–Kier alpha value is 0.154. The summed E-state index contributed by atoms with van der Waals surface area (Å²) in [5, 5.41) is 0. The van der Waals surface area contributed by atoms with Gasteiger partial charge in [0.25, 0.3) is 0 Å². The third-order valence-electron chi connectivity index (χ3n) is 4.82. The van der Waals surface area contributed by atoms with Gasteiger partial charge in [-0.15, -0.1) is 0 Å². The maximum absolute atomic E-state index is 6.00. The number of hydrogen-bond acceptors (Lipinski definition) is 6. The molecule has 0 aromatic rings. The van der Waals surface area contributed by atoms with Gasteiger partial charge in [0.15, 0.2) is 0 Å². The third kappa shape index (κ3) is 12.3. The maximum atomic E-state index is 6.00. The zero-order chi connectivity index (χ0) is 22.7. The van der Waals surface area contributed by atoms with Crippen LogP contribution in [0, 0.1) is 0 Å². The molecule has 0 fully saturated rings. The van der Waals surface area contributed by atoms with Crippen LogP contribution in [0.4, 0.5) is 0 Å².